The molecule has 0 saturated carbocycles. The Morgan fingerprint density at radius 1 is 1.07 bits per heavy atom. The third kappa shape index (κ3) is 4.91. The number of urea groups is 1. The first kappa shape index (κ1) is 18.6. The summed E-state index contributed by atoms with van der Waals surface area (Å²) >= 11 is 0. The molecular formula is C20H24N4O3. The van der Waals surface area contributed by atoms with Gasteiger partial charge in [-0.3, -0.25) is 0 Å². The second kappa shape index (κ2) is 8.93. The van der Waals surface area contributed by atoms with Crippen LogP contribution in [0.5, 0.6) is 11.5 Å². The van der Waals surface area contributed by atoms with Gasteiger partial charge in [0, 0.05) is 19.5 Å². The van der Waals surface area contributed by atoms with Gasteiger partial charge in [-0.05, 0) is 36.2 Å². The maximum absolute atomic E-state index is 11.9. The van der Waals surface area contributed by atoms with Crippen LogP contribution in [-0.2, 0) is 13.0 Å². The molecule has 0 spiro atoms. The highest BCUT2D eigenvalue weighted by atomic mass is 16.5. The largest absolute Gasteiger partial charge is 0.493 e. The smallest absolute Gasteiger partial charge is 0.315 e. The minimum Gasteiger partial charge on any atom is -0.493 e. The van der Waals surface area contributed by atoms with Crippen LogP contribution in [0.4, 0.5) is 4.79 Å². The Balaban J connectivity index is 1.39. The predicted octanol–water partition coefficient (Wildman–Crippen LogP) is 3.01. The summed E-state index contributed by atoms with van der Waals surface area (Å²) in [4.78, 5) is 19.8. The molecule has 142 valence electrons. The molecule has 0 radical (unpaired) electrons. The normalized spacial score (nSPS) is 10.6. The second-order valence-electron chi connectivity index (χ2n) is 6.10. The van der Waals surface area contributed by atoms with Crippen molar-refractivity contribution in [3.05, 3.63) is 53.9 Å². The Morgan fingerprint density at radius 3 is 2.67 bits per heavy atom. The molecule has 0 aliphatic heterocycles. The topological polar surface area (TPSA) is 88.3 Å². The minimum atomic E-state index is -0.200. The van der Waals surface area contributed by atoms with Crippen molar-refractivity contribution in [2.24, 2.45) is 0 Å². The number of H-pyrrole nitrogens is 1. The van der Waals surface area contributed by atoms with Crippen LogP contribution in [0.25, 0.3) is 11.0 Å². The van der Waals surface area contributed by atoms with E-state index >= 15 is 0 Å². The van der Waals surface area contributed by atoms with Crippen LogP contribution in [-0.4, -0.2) is 36.8 Å². The van der Waals surface area contributed by atoms with Crippen LogP contribution in [0.1, 0.15) is 17.8 Å². The molecule has 0 aliphatic carbocycles. The quantitative estimate of drug-likeness (QED) is 0.533. The Bertz CT molecular complexity index is 874. The fourth-order valence-corrected chi connectivity index (χ4v) is 2.82. The number of aryl methyl sites for hydroxylation is 1. The van der Waals surface area contributed by atoms with Gasteiger partial charge in [-0.1, -0.05) is 18.2 Å². The molecule has 1 aromatic heterocycles. The molecule has 7 nitrogen and oxygen atoms in total. The summed E-state index contributed by atoms with van der Waals surface area (Å²) < 4.78 is 10.5. The van der Waals surface area contributed by atoms with Crippen LogP contribution in [0, 0.1) is 0 Å². The zero-order valence-electron chi connectivity index (χ0n) is 15.5. The molecule has 7 heteroatoms. The third-order valence-electron chi connectivity index (χ3n) is 4.22. The molecule has 0 atom stereocenters. The zero-order valence-corrected chi connectivity index (χ0v) is 15.5. The summed E-state index contributed by atoms with van der Waals surface area (Å²) in [5, 5.41) is 5.70. The van der Waals surface area contributed by atoms with Gasteiger partial charge >= 0.3 is 6.03 Å². The van der Waals surface area contributed by atoms with E-state index in [0.29, 0.717) is 24.6 Å². The standard InChI is InChI=1S/C20H24N4O3/c1-26-17-10-9-14(12-18(17)27-2)13-22-20(25)21-11-5-8-19-23-15-6-3-4-7-16(15)24-19/h3-4,6-7,9-10,12H,5,8,11,13H2,1-2H3,(H,23,24)(H2,21,22,25). The van der Waals surface area contributed by atoms with Crippen molar-refractivity contribution < 1.29 is 14.3 Å². The third-order valence-corrected chi connectivity index (χ3v) is 4.22. The van der Waals surface area contributed by atoms with Gasteiger partial charge in [-0.25, -0.2) is 9.78 Å². The highest BCUT2D eigenvalue weighted by Gasteiger charge is 2.06. The minimum absolute atomic E-state index is 0.200. The van der Waals surface area contributed by atoms with Crippen molar-refractivity contribution in [1.82, 2.24) is 20.6 Å². The number of amides is 2. The van der Waals surface area contributed by atoms with Crippen molar-refractivity contribution in [1.29, 1.82) is 0 Å². The van der Waals surface area contributed by atoms with Gasteiger partial charge in [0.25, 0.3) is 0 Å². The van der Waals surface area contributed by atoms with Gasteiger partial charge in [0.2, 0.25) is 0 Å². The fraction of sp³-hybridized carbons (Fsp3) is 0.300. The number of hydrogen-bond acceptors (Lipinski definition) is 4. The van der Waals surface area contributed by atoms with Crippen molar-refractivity contribution >= 4 is 17.1 Å². The number of aromatic nitrogens is 2. The number of benzene rings is 2. The van der Waals surface area contributed by atoms with Gasteiger partial charge in [0.15, 0.2) is 11.5 Å². The van der Waals surface area contributed by atoms with E-state index in [-0.39, 0.29) is 6.03 Å². The summed E-state index contributed by atoms with van der Waals surface area (Å²) in [6, 6.07) is 13.3. The Morgan fingerprint density at radius 2 is 1.89 bits per heavy atom. The molecular weight excluding hydrogens is 344 g/mol. The molecule has 0 saturated heterocycles. The molecule has 3 N–H and O–H groups in total. The van der Waals surface area contributed by atoms with E-state index in [2.05, 4.69) is 20.6 Å². The number of imidazole rings is 1. The summed E-state index contributed by atoms with van der Waals surface area (Å²) in [7, 11) is 3.18. The zero-order chi connectivity index (χ0) is 19.1. The van der Waals surface area contributed by atoms with Crippen molar-refractivity contribution in [2.75, 3.05) is 20.8 Å². The molecule has 0 unspecified atom stereocenters. The van der Waals surface area contributed by atoms with E-state index < -0.39 is 0 Å². The van der Waals surface area contributed by atoms with Gasteiger partial charge < -0.3 is 25.1 Å². The van der Waals surface area contributed by atoms with E-state index in [9.17, 15) is 4.79 Å². The molecule has 3 aromatic rings. The molecule has 0 aliphatic rings. The van der Waals surface area contributed by atoms with Crippen molar-refractivity contribution in [3.8, 4) is 11.5 Å². The number of ether oxygens (including phenoxy) is 2. The fourth-order valence-electron chi connectivity index (χ4n) is 2.82. The Kier molecular flexibility index (Phi) is 6.14. The van der Waals surface area contributed by atoms with Crippen molar-refractivity contribution in [3.63, 3.8) is 0 Å². The van der Waals surface area contributed by atoms with Gasteiger partial charge in [0.05, 0.1) is 25.3 Å². The van der Waals surface area contributed by atoms with Gasteiger partial charge in [-0.15, -0.1) is 0 Å². The molecule has 27 heavy (non-hydrogen) atoms. The lowest BCUT2D eigenvalue weighted by molar-refractivity contribution is 0.240. The SMILES string of the molecule is COc1ccc(CNC(=O)NCCCc2nc3ccccc3[nH]2)cc1OC. The predicted molar refractivity (Wildman–Crippen MR) is 104 cm³/mol. The van der Waals surface area contributed by atoms with E-state index in [1.807, 2.05) is 42.5 Å². The number of fused-ring (bicyclic) bond motifs is 1. The van der Waals surface area contributed by atoms with Crippen LogP contribution in [0.3, 0.4) is 0 Å². The van der Waals surface area contributed by atoms with Crippen LogP contribution >= 0.6 is 0 Å². The molecule has 2 aromatic carbocycles. The molecule has 1 heterocycles. The van der Waals surface area contributed by atoms with Crippen LogP contribution < -0.4 is 20.1 Å². The van der Waals surface area contributed by atoms with Gasteiger partial charge in [0.1, 0.15) is 5.82 Å². The van der Waals surface area contributed by atoms with E-state index in [1.165, 1.54) is 0 Å². The van der Waals surface area contributed by atoms with Crippen LogP contribution in [0.15, 0.2) is 42.5 Å². The number of methoxy groups -OCH3 is 2. The number of rotatable bonds is 8. The number of para-hydroxylation sites is 2. The average Bonchev–Trinajstić information content (AvgIpc) is 3.12. The number of nitrogens with one attached hydrogen (secondary N) is 3. The maximum Gasteiger partial charge on any atom is 0.315 e. The lowest BCUT2D eigenvalue weighted by Crippen LogP contribution is -2.35. The molecule has 0 fully saturated rings. The van der Waals surface area contributed by atoms with Gasteiger partial charge in [-0.2, -0.15) is 0 Å². The molecule has 3 rings (SSSR count). The average molecular weight is 368 g/mol. The van der Waals surface area contributed by atoms with Crippen LogP contribution in [0.2, 0.25) is 0 Å². The summed E-state index contributed by atoms with van der Waals surface area (Å²) in [6.07, 6.45) is 1.59. The number of nitrogens with zero attached hydrogens (tertiary/aromatic N) is 1. The number of aromatic amines is 1. The first-order valence-electron chi connectivity index (χ1n) is 8.86. The Hall–Kier alpha value is -3.22. The lowest BCUT2D eigenvalue weighted by Gasteiger charge is -2.11. The maximum atomic E-state index is 11.9. The molecule has 2 amide bonds. The number of hydrogen-bond donors (Lipinski definition) is 3. The second-order valence-corrected chi connectivity index (χ2v) is 6.10. The number of carbonyl (C=O) groups excluding carboxylic acids is 1. The monoisotopic (exact) mass is 368 g/mol. The highest BCUT2D eigenvalue weighted by Crippen LogP contribution is 2.27. The van der Waals surface area contributed by atoms with Crippen molar-refractivity contribution in [2.45, 2.75) is 19.4 Å². The first-order valence-corrected chi connectivity index (χ1v) is 8.86. The van der Waals surface area contributed by atoms with E-state index in [4.69, 9.17) is 9.47 Å². The van der Waals surface area contributed by atoms with E-state index in [0.717, 1.165) is 35.3 Å². The van der Waals surface area contributed by atoms with E-state index in [1.54, 1.807) is 14.2 Å². The highest BCUT2D eigenvalue weighted by molar-refractivity contribution is 5.75. The lowest BCUT2D eigenvalue weighted by atomic mass is 10.2. The molecule has 0 bridgehead atoms. The summed E-state index contributed by atoms with van der Waals surface area (Å²) in [6.45, 7) is 0.991. The summed E-state index contributed by atoms with van der Waals surface area (Å²) in [5.74, 6) is 2.24. The first-order chi connectivity index (χ1) is 13.2. The Labute approximate surface area is 158 Å². The summed E-state index contributed by atoms with van der Waals surface area (Å²) in [5.41, 5.74) is 2.94. The number of carbonyl (C=O) groups is 1.